The van der Waals surface area contributed by atoms with E-state index in [-0.39, 0.29) is 18.9 Å². The minimum atomic E-state index is -4.87. The quantitative estimate of drug-likeness (QED) is 0.0174. The van der Waals surface area contributed by atoms with Crippen LogP contribution in [0.5, 0.6) is 0 Å². The van der Waals surface area contributed by atoms with Gasteiger partial charge in [0.25, 0.3) is 0 Å². The summed E-state index contributed by atoms with van der Waals surface area (Å²) in [4.78, 5) is 52.4. The van der Waals surface area contributed by atoms with Gasteiger partial charge >= 0.3 is 27.6 Å². The summed E-state index contributed by atoms with van der Waals surface area (Å²) in [5, 5.41) is 19.0. The van der Waals surface area contributed by atoms with Crippen LogP contribution in [0.3, 0.4) is 0 Å². The van der Waals surface area contributed by atoms with Crippen LogP contribution in [0.15, 0.2) is 48.6 Å². The summed E-state index contributed by atoms with van der Waals surface area (Å²) in [6.45, 7) is 3.44. The fourth-order valence-electron chi connectivity index (χ4n) is 4.90. The first-order valence-corrected chi connectivity index (χ1v) is 22.7. The monoisotopic (exact) mass is 824 g/mol. The molecule has 0 aliphatic heterocycles. The average molecular weight is 825 g/mol. The van der Waals surface area contributed by atoms with E-state index < -0.39 is 66.2 Å². The zero-order valence-corrected chi connectivity index (χ0v) is 35.1. The van der Waals surface area contributed by atoms with Crippen molar-refractivity contribution in [1.29, 1.82) is 0 Å². The summed E-state index contributed by atoms with van der Waals surface area (Å²) in [6, 6.07) is 0. The van der Waals surface area contributed by atoms with Crippen LogP contribution in [0, 0.1) is 5.92 Å². The summed E-state index contributed by atoms with van der Waals surface area (Å²) < 4.78 is 47.5. The van der Waals surface area contributed by atoms with Gasteiger partial charge in [0.1, 0.15) is 12.7 Å². The Labute approximate surface area is 329 Å². The first kappa shape index (κ1) is 53.0. The molecular formula is C39H70O14P2. The molecule has 55 heavy (non-hydrogen) atoms. The maximum Gasteiger partial charge on any atom is 0.472 e. The van der Waals surface area contributed by atoms with Crippen LogP contribution in [0.2, 0.25) is 0 Å². The number of rotatable bonds is 36. The van der Waals surface area contributed by atoms with Gasteiger partial charge in [-0.15, -0.1) is 0 Å². The van der Waals surface area contributed by atoms with Gasteiger partial charge in [0.15, 0.2) is 6.10 Å². The molecule has 320 valence electrons. The Kier molecular flexibility index (Phi) is 32.9. The third kappa shape index (κ3) is 40.1. The van der Waals surface area contributed by atoms with Crippen molar-refractivity contribution in [2.24, 2.45) is 5.92 Å². The molecule has 14 nitrogen and oxygen atoms in total. The van der Waals surface area contributed by atoms with Crippen molar-refractivity contribution >= 4 is 27.6 Å². The molecule has 0 aliphatic rings. The Morgan fingerprint density at radius 3 is 1.62 bits per heavy atom. The fraction of sp³-hybridized carbons (Fsp3) is 0.744. The summed E-state index contributed by atoms with van der Waals surface area (Å²) in [7, 11) is -9.69. The molecular weight excluding hydrogens is 754 g/mol. The smallest absolute Gasteiger partial charge is 0.462 e. The van der Waals surface area contributed by atoms with Gasteiger partial charge in [-0.1, -0.05) is 107 Å². The number of carbonyl (C=O) groups excluding carboxylic acids is 2. The molecule has 0 aromatic heterocycles. The Hall–Kier alpha value is -1.96. The lowest BCUT2D eigenvalue weighted by Crippen LogP contribution is -2.30. The Balaban J connectivity index is 4.63. The van der Waals surface area contributed by atoms with Crippen molar-refractivity contribution in [3.05, 3.63) is 48.6 Å². The first-order chi connectivity index (χ1) is 26.1. The molecule has 4 atom stereocenters. The highest BCUT2D eigenvalue weighted by Gasteiger charge is 2.28. The molecule has 0 saturated heterocycles. The second-order valence-electron chi connectivity index (χ2n) is 14.0. The van der Waals surface area contributed by atoms with Crippen LogP contribution in [-0.4, -0.2) is 81.6 Å². The Bertz CT molecular complexity index is 1190. The van der Waals surface area contributed by atoms with Crippen LogP contribution in [-0.2, 0) is 41.8 Å². The number of phosphoric ester groups is 2. The largest absolute Gasteiger partial charge is 0.472 e. The molecule has 0 aromatic carbocycles. The Morgan fingerprint density at radius 1 is 0.564 bits per heavy atom. The number of aliphatic hydroxyl groups is 2. The van der Waals surface area contributed by atoms with Crippen LogP contribution < -0.4 is 0 Å². The van der Waals surface area contributed by atoms with Crippen LogP contribution in [0.25, 0.3) is 0 Å². The van der Waals surface area contributed by atoms with Gasteiger partial charge in [-0.25, -0.2) is 9.13 Å². The zero-order chi connectivity index (χ0) is 41.2. The van der Waals surface area contributed by atoms with E-state index in [9.17, 15) is 33.8 Å². The van der Waals surface area contributed by atoms with E-state index in [1.165, 1.54) is 19.3 Å². The highest BCUT2D eigenvalue weighted by Crippen LogP contribution is 2.43. The maximum absolute atomic E-state index is 12.6. The third-order valence-corrected chi connectivity index (χ3v) is 9.34. The standard InChI is InChI=1S/C39H70O14P2/c1-34(2)26-22-18-14-13-17-21-25-29-39(43)53-37(33-52-55(47,48)51-31-36(41)30-50-54(44,45)46)32-49-38(42)28-24-20-16-12-10-8-6-4-5-7-9-11-15-19-23-27-35(3)40/h5-8,11-12,15-16,34-37,40-41H,4,9-10,13-14,17-33H2,1-3H3,(H,47,48)(H2,44,45,46)/b7-5-,8-6-,15-11-,16-12-/t35-,36+,37-/m1/s1. The summed E-state index contributed by atoms with van der Waals surface area (Å²) in [5.41, 5.74) is 0. The number of unbranched alkanes of at least 4 members (excludes halogenated alkanes) is 8. The number of phosphoric acid groups is 2. The summed E-state index contributed by atoms with van der Waals surface area (Å²) >= 11 is 0. The van der Waals surface area contributed by atoms with Crippen molar-refractivity contribution in [3.8, 4) is 0 Å². The third-order valence-electron chi connectivity index (χ3n) is 7.91. The average Bonchev–Trinajstić information content (AvgIpc) is 3.11. The lowest BCUT2D eigenvalue weighted by atomic mass is 10.0. The topological polar surface area (TPSA) is 216 Å². The summed E-state index contributed by atoms with van der Waals surface area (Å²) in [6.07, 6.45) is 28.6. The Morgan fingerprint density at radius 2 is 1.05 bits per heavy atom. The number of aliphatic hydroxyl groups excluding tert-OH is 2. The predicted octanol–water partition coefficient (Wildman–Crippen LogP) is 8.33. The molecule has 0 spiro atoms. The van der Waals surface area contributed by atoms with Crippen LogP contribution in [0.4, 0.5) is 0 Å². The molecule has 0 radical (unpaired) electrons. The number of carbonyl (C=O) groups is 2. The van der Waals surface area contributed by atoms with E-state index in [0.717, 1.165) is 64.2 Å². The van der Waals surface area contributed by atoms with Gasteiger partial charge < -0.3 is 34.4 Å². The van der Waals surface area contributed by atoms with E-state index in [1.54, 1.807) is 6.92 Å². The molecule has 0 bridgehead atoms. The molecule has 1 unspecified atom stereocenters. The molecule has 5 N–H and O–H groups in total. The first-order valence-electron chi connectivity index (χ1n) is 19.7. The second-order valence-corrected chi connectivity index (χ2v) is 16.7. The molecule has 0 rings (SSSR count). The van der Waals surface area contributed by atoms with Crippen LogP contribution >= 0.6 is 15.6 Å². The normalized spacial score (nSPS) is 15.4. The van der Waals surface area contributed by atoms with Crippen molar-refractivity contribution in [1.82, 2.24) is 0 Å². The minimum absolute atomic E-state index is 0.106. The minimum Gasteiger partial charge on any atom is -0.462 e. The van der Waals surface area contributed by atoms with E-state index >= 15 is 0 Å². The number of hydrogen-bond donors (Lipinski definition) is 5. The van der Waals surface area contributed by atoms with Gasteiger partial charge in [0.2, 0.25) is 0 Å². The molecule has 0 aromatic rings. The molecule has 0 heterocycles. The molecule has 0 fully saturated rings. The van der Waals surface area contributed by atoms with Gasteiger partial charge in [-0.05, 0) is 70.6 Å². The van der Waals surface area contributed by atoms with E-state index in [2.05, 4.69) is 59.4 Å². The highest BCUT2D eigenvalue weighted by molar-refractivity contribution is 7.47. The number of esters is 2. The van der Waals surface area contributed by atoms with Crippen LogP contribution in [0.1, 0.15) is 136 Å². The fourth-order valence-corrected chi connectivity index (χ4v) is 6.05. The van der Waals surface area contributed by atoms with Crippen molar-refractivity contribution < 1.29 is 66.7 Å². The second kappa shape index (κ2) is 34.1. The van der Waals surface area contributed by atoms with Crippen molar-refractivity contribution in [2.45, 2.75) is 155 Å². The highest BCUT2D eigenvalue weighted by atomic mass is 31.2. The summed E-state index contributed by atoms with van der Waals surface area (Å²) in [5.74, 6) is -0.414. The van der Waals surface area contributed by atoms with E-state index in [0.29, 0.717) is 25.2 Å². The van der Waals surface area contributed by atoms with Crippen molar-refractivity contribution in [3.63, 3.8) is 0 Å². The number of hydrogen-bond acceptors (Lipinski definition) is 11. The number of allylic oxidation sites excluding steroid dienone is 8. The maximum atomic E-state index is 12.6. The molecule has 0 saturated carbocycles. The SMILES string of the molecule is CC(C)CCCCCCCCCC(=O)O[C@H](COC(=O)CCC/C=C\C/C=C\C/C=C\C/C=C\CCC[C@@H](C)O)COP(=O)(O)OC[C@@H](O)COP(=O)(O)O. The van der Waals surface area contributed by atoms with Crippen molar-refractivity contribution in [2.75, 3.05) is 26.4 Å². The number of ether oxygens (including phenoxy) is 2. The lowest BCUT2D eigenvalue weighted by molar-refractivity contribution is -0.161. The lowest BCUT2D eigenvalue weighted by Gasteiger charge is -2.20. The van der Waals surface area contributed by atoms with Gasteiger partial charge in [-0.2, -0.15) is 0 Å². The van der Waals surface area contributed by atoms with Gasteiger partial charge in [-0.3, -0.25) is 23.2 Å². The molecule has 16 heteroatoms. The predicted molar refractivity (Wildman–Crippen MR) is 213 cm³/mol. The zero-order valence-electron chi connectivity index (χ0n) is 33.3. The van der Waals surface area contributed by atoms with Gasteiger partial charge in [0, 0.05) is 12.8 Å². The van der Waals surface area contributed by atoms with E-state index in [4.69, 9.17) is 23.8 Å². The van der Waals surface area contributed by atoms with Gasteiger partial charge in [0.05, 0.1) is 25.9 Å². The van der Waals surface area contributed by atoms with E-state index in [1.807, 2.05) is 12.2 Å². The molecule has 0 amide bonds. The molecule has 0 aliphatic carbocycles.